The monoisotopic (exact) mass is 455 g/mol. The maximum atomic E-state index is 13.9. The summed E-state index contributed by atoms with van der Waals surface area (Å²) in [4.78, 5) is 0. The average molecular weight is 455 g/mol. The van der Waals surface area contributed by atoms with Crippen molar-refractivity contribution in [2.45, 2.75) is 6.61 Å². The molecule has 0 saturated carbocycles. The second-order valence-corrected chi connectivity index (χ2v) is 6.88. The van der Waals surface area contributed by atoms with Gasteiger partial charge in [0.25, 0.3) is 0 Å². The fourth-order valence-electron chi connectivity index (χ4n) is 2.42. The number of nitriles is 1. The number of ether oxygens (including phenoxy) is 1. The van der Waals surface area contributed by atoms with E-state index in [4.69, 9.17) is 4.74 Å². The lowest BCUT2D eigenvalue weighted by Crippen LogP contribution is -1.95. The first-order valence-electron chi connectivity index (χ1n) is 8.00. The highest BCUT2D eigenvalue weighted by Crippen LogP contribution is 2.22. The van der Waals surface area contributed by atoms with E-state index in [-0.39, 0.29) is 5.57 Å². The highest BCUT2D eigenvalue weighted by molar-refractivity contribution is 14.1. The molecule has 3 rings (SSSR count). The summed E-state index contributed by atoms with van der Waals surface area (Å²) in [5.74, 6) is 0.336. The summed E-state index contributed by atoms with van der Waals surface area (Å²) in [6, 6.07) is 23.9. The van der Waals surface area contributed by atoms with Gasteiger partial charge in [0.05, 0.1) is 11.6 Å². The standard InChI is InChI=1S/C22H15FINO/c23-22-4-2-1-3-21(22)18(14-25)13-16-7-11-20(12-8-16)26-15-17-5-9-19(24)10-6-17/h1-13H,15H2/b18-13-. The van der Waals surface area contributed by atoms with E-state index in [2.05, 4.69) is 28.7 Å². The number of nitrogens with zero attached hydrogens (tertiary/aromatic N) is 1. The Balaban J connectivity index is 1.71. The maximum Gasteiger partial charge on any atom is 0.131 e. The topological polar surface area (TPSA) is 33.0 Å². The van der Waals surface area contributed by atoms with Crippen molar-refractivity contribution in [3.05, 3.63) is 98.9 Å². The number of benzene rings is 3. The number of hydrogen-bond donors (Lipinski definition) is 0. The minimum atomic E-state index is -0.405. The Kier molecular flexibility index (Phi) is 6.03. The second-order valence-electron chi connectivity index (χ2n) is 5.63. The van der Waals surface area contributed by atoms with Crippen molar-refractivity contribution < 1.29 is 9.13 Å². The lowest BCUT2D eigenvalue weighted by molar-refractivity contribution is 0.306. The average Bonchev–Trinajstić information content (AvgIpc) is 2.67. The van der Waals surface area contributed by atoms with Crippen molar-refractivity contribution in [2.24, 2.45) is 0 Å². The Hall–Kier alpha value is -2.65. The molecule has 0 unspecified atom stereocenters. The molecule has 128 valence electrons. The molecule has 26 heavy (non-hydrogen) atoms. The lowest BCUT2D eigenvalue weighted by Gasteiger charge is -2.07. The van der Waals surface area contributed by atoms with E-state index in [0.29, 0.717) is 12.2 Å². The van der Waals surface area contributed by atoms with Crippen molar-refractivity contribution in [2.75, 3.05) is 0 Å². The summed E-state index contributed by atoms with van der Waals surface area (Å²) in [7, 11) is 0. The van der Waals surface area contributed by atoms with E-state index in [1.807, 2.05) is 48.5 Å². The Morgan fingerprint density at radius 1 is 1.00 bits per heavy atom. The van der Waals surface area contributed by atoms with Gasteiger partial charge in [0, 0.05) is 9.13 Å². The van der Waals surface area contributed by atoms with E-state index in [1.54, 1.807) is 24.3 Å². The summed E-state index contributed by atoms with van der Waals surface area (Å²) in [5.41, 5.74) is 2.50. The van der Waals surface area contributed by atoms with E-state index >= 15 is 0 Å². The molecule has 0 spiro atoms. The molecule has 0 N–H and O–H groups in total. The molecule has 0 amide bonds. The third-order valence-electron chi connectivity index (χ3n) is 3.79. The summed E-state index contributed by atoms with van der Waals surface area (Å²) in [6.07, 6.45) is 1.67. The van der Waals surface area contributed by atoms with E-state index < -0.39 is 5.82 Å². The van der Waals surface area contributed by atoms with Crippen molar-refractivity contribution in [3.63, 3.8) is 0 Å². The van der Waals surface area contributed by atoms with Crippen LogP contribution in [0.15, 0.2) is 72.8 Å². The zero-order valence-electron chi connectivity index (χ0n) is 13.8. The molecule has 0 aliphatic carbocycles. The molecule has 3 aromatic carbocycles. The Labute approximate surface area is 165 Å². The van der Waals surface area contributed by atoms with Crippen molar-refractivity contribution in [1.82, 2.24) is 0 Å². The summed E-state index contributed by atoms with van der Waals surface area (Å²) >= 11 is 2.27. The van der Waals surface area contributed by atoms with Gasteiger partial charge in [0.1, 0.15) is 18.2 Å². The van der Waals surface area contributed by atoms with Crippen LogP contribution in [0.2, 0.25) is 0 Å². The van der Waals surface area contributed by atoms with Crippen molar-refractivity contribution in [3.8, 4) is 11.8 Å². The zero-order chi connectivity index (χ0) is 18.4. The highest BCUT2D eigenvalue weighted by atomic mass is 127. The Morgan fingerprint density at radius 3 is 2.35 bits per heavy atom. The quantitative estimate of drug-likeness (QED) is 0.266. The first-order valence-corrected chi connectivity index (χ1v) is 9.07. The van der Waals surface area contributed by atoms with Crippen LogP contribution in [0.5, 0.6) is 5.75 Å². The van der Waals surface area contributed by atoms with Crippen LogP contribution in [0.1, 0.15) is 16.7 Å². The van der Waals surface area contributed by atoms with Crippen LogP contribution < -0.4 is 4.74 Å². The molecule has 0 aliphatic rings. The molecule has 4 heteroatoms. The molecule has 0 radical (unpaired) electrons. The van der Waals surface area contributed by atoms with Gasteiger partial charge >= 0.3 is 0 Å². The normalized spacial score (nSPS) is 11.0. The van der Waals surface area contributed by atoms with E-state index in [9.17, 15) is 9.65 Å². The predicted molar refractivity (Wildman–Crippen MR) is 110 cm³/mol. The van der Waals surface area contributed by atoms with Gasteiger partial charge in [0.2, 0.25) is 0 Å². The molecule has 0 aromatic heterocycles. The fraction of sp³-hybridized carbons (Fsp3) is 0.0455. The molecule has 0 atom stereocenters. The second kappa shape index (κ2) is 8.63. The van der Waals surface area contributed by atoms with Crippen LogP contribution >= 0.6 is 22.6 Å². The van der Waals surface area contributed by atoms with Crippen LogP contribution in [0, 0.1) is 20.7 Å². The van der Waals surface area contributed by atoms with Crippen LogP contribution in [0.25, 0.3) is 11.6 Å². The molecule has 0 saturated heterocycles. The third kappa shape index (κ3) is 4.70. The SMILES string of the molecule is N#C/C(=C/c1ccc(OCc2ccc(I)cc2)cc1)c1ccccc1F. The maximum absolute atomic E-state index is 13.9. The van der Waals surface area contributed by atoms with Crippen LogP contribution in [0.3, 0.4) is 0 Å². The molecule has 0 aliphatic heterocycles. The molecule has 3 aromatic rings. The zero-order valence-corrected chi connectivity index (χ0v) is 16.0. The van der Waals surface area contributed by atoms with Crippen LogP contribution in [0.4, 0.5) is 4.39 Å². The number of allylic oxidation sites excluding steroid dienone is 1. The predicted octanol–water partition coefficient (Wildman–Crippen LogP) is 6.07. The molecule has 0 fully saturated rings. The van der Waals surface area contributed by atoms with Gasteiger partial charge in [-0.3, -0.25) is 0 Å². The molecular formula is C22H15FINO. The molecule has 0 heterocycles. The number of rotatable bonds is 5. The Bertz CT molecular complexity index is 957. The van der Waals surface area contributed by atoms with Crippen LogP contribution in [-0.2, 0) is 6.61 Å². The van der Waals surface area contributed by atoms with Gasteiger partial charge in [-0.2, -0.15) is 5.26 Å². The van der Waals surface area contributed by atoms with Gasteiger partial charge in [-0.1, -0.05) is 42.5 Å². The van der Waals surface area contributed by atoms with Gasteiger partial charge in [-0.15, -0.1) is 0 Å². The minimum absolute atomic E-state index is 0.288. The first-order chi connectivity index (χ1) is 12.7. The van der Waals surface area contributed by atoms with Crippen molar-refractivity contribution >= 4 is 34.2 Å². The number of halogens is 2. The summed E-state index contributed by atoms with van der Waals surface area (Å²) in [6.45, 7) is 0.491. The summed E-state index contributed by atoms with van der Waals surface area (Å²) < 4.78 is 20.8. The van der Waals surface area contributed by atoms with Gasteiger partial charge in [0.15, 0.2) is 0 Å². The van der Waals surface area contributed by atoms with Crippen LogP contribution in [-0.4, -0.2) is 0 Å². The number of hydrogen-bond acceptors (Lipinski definition) is 2. The third-order valence-corrected chi connectivity index (χ3v) is 4.51. The van der Waals surface area contributed by atoms with Gasteiger partial charge in [-0.05, 0) is 70.1 Å². The highest BCUT2D eigenvalue weighted by Gasteiger charge is 2.06. The van der Waals surface area contributed by atoms with E-state index in [0.717, 1.165) is 16.9 Å². The van der Waals surface area contributed by atoms with E-state index in [1.165, 1.54) is 9.64 Å². The lowest BCUT2D eigenvalue weighted by atomic mass is 10.0. The summed E-state index contributed by atoms with van der Waals surface area (Å²) in [5, 5.41) is 9.34. The van der Waals surface area contributed by atoms with Gasteiger partial charge in [-0.25, -0.2) is 4.39 Å². The molecule has 0 bridgehead atoms. The Morgan fingerprint density at radius 2 is 1.69 bits per heavy atom. The largest absolute Gasteiger partial charge is 0.489 e. The fourth-order valence-corrected chi connectivity index (χ4v) is 2.78. The molecule has 2 nitrogen and oxygen atoms in total. The minimum Gasteiger partial charge on any atom is -0.489 e. The molecular weight excluding hydrogens is 440 g/mol. The smallest absolute Gasteiger partial charge is 0.131 e. The van der Waals surface area contributed by atoms with Crippen molar-refractivity contribution in [1.29, 1.82) is 5.26 Å². The van der Waals surface area contributed by atoms with Gasteiger partial charge < -0.3 is 4.74 Å². The first kappa shape index (κ1) is 18.2.